The largest absolute Gasteiger partial charge is 0.491 e. The number of amides is 1. The van der Waals surface area contributed by atoms with Crippen molar-refractivity contribution in [2.24, 2.45) is 0 Å². The smallest absolute Gasteiger partial charge is 0.378 e. The number of benzene rings is 1. The second-order valence-electron chi connectivity index (χ2n) is 10.9. The summed E-state index contributed by atoms with van der Waals surface area (Å²) in [7, 11) is 1.99. The molecular weight excluding hydrogens is 558 g/mol. The van der Waals surface area contributed by atoms with E-state index in [1.54, 1.807) is 0 Å². The summed E-state index contributed by atoms with van der Waals surface area (Å²) in [6.07, 6.45) is -1.58. The Morgan fingerprint density at radius 2 is 1.71 bits per heavy atom. The topological polar surface area (TPSA) is 95.8 Å². The molecule has 2 saturated heterocycles. The monoisotopic (exact) mass is 589 g/mol. The molecule has 0 saturated carbocycles. The molecule has 0 atom stereocenters. The Bertz CT molecular complexity index is 1520. The van der Waals surface area contributed by atoms with Gasteiger partial charge in [-0.1, -0.05) is 0 Å². The number of carbonyl (C=O) groups is 1. The summed E-state index contributed by atoms with van der Waals surface area (Å²) in [4.78, 5) is 39.8. The fourth-order valence-electron chi connectivity index (χ4n) is 4.99. The van der Waals surface area contributed by atoms with E-state index in [1.807, 2.05) is 30.7 Å². The van der Waals surface area contributed by atoms with E-state index >= 15 is 4.39 Å². The number of halogens is 4. The highest BCUT2D eigenvalue weighted by Crippen LogP contribution is 2.36. The Kier molecular flexibility index (Phi) is 7.94. The molecule has 1 N–H and O–H groups in total. The predicted molar refractivity (Wildman–Crippen MR) is 149 cm³/mol. The first-order chi connectivity index (χ1) is 19.8. The summed E-state index contributed by atoms with van der Waals surface area (Å²) in [5.41, 5.74) is -0.948. The van der Waals surface area contributed by atoms with Crippen LogP contribution in [-0.2, 0) is 11.0 Å². The van der Waals surface area contributed by atoms with Gasteiger partial charge in [0, 0.05) is 74.0 Å². The second kappa shape index (κ2) is 11.3. The van der Waals surface area contributed by atoms with Crippen molar-refractivity contribution < 1.29 is 27.1 Å². The molecule has 14 heteroatoms. The Labute approximate surface area is 239 Å². The summed E-state index contributed by atoms with van der Waals surface area (Å²) in [6.45, 7) is 8.12. The molecule has 4 heterocycles. The molecule has 2 fully saturated rings. The van der Waals surface area contributed by atoms with Crippen molar-refractivity contribution in [2.45, 2.75) is 25.7 Å². The lowest BCUT2D eigenvalue weighted by atomic mass is 9.98. The lowest BCUT2D eigenvalue weighted by Gasteiger charge is -2.46. The third kappa shape index (κ3) is 6.09. The van der Waals surface area contributed by atoms with Gasteiger partial charge in [-0.2, -0.15) is 0 Å². The van der Waals surface area contributed by atoms with Crippen LogP contribution in [0.1, 0.15) is 24.2 Å². The maximum atomic E-state index is 15.7. The highest BCUT2D eigenvalue weighted by molar-refractivity contribution is 6.06. The van der Waals surface area contributed by atoms with E-state index in [4.69, 9.17) is 4.74 Å². The second-order valence-corrected chi connectivity index (χ2v) is 10.9. The minimum atomic E-state index is -5.00. The van der Waals surface area contributed by atoms with Gasteiger partial charge >= 0.3 is 6.30 Å². The van der Waals surface area contributed by atoms with Gasteiger partial charge in [0.05, 0.1) is 30.2 Å². The standard InChI is InChI=1S/C28H31F4N7O3/c1-27(2)17-38(7-6-36(27)3)23-13-21(29)20(19-14-33-26(34-15-19)37-8-10-42-11-9-37)12-22(23)35-25(41)18-4-5-24(40)39(16-18)28(30,31)32/h4-5,12-16H,6-11,17H2,1-3H3,(H,35,41). The van der Waals surface area contributed by atoms with Gasteiger partial charge in [0.25, 0.3) is 11.5 Å². The number of carbonyl (C=O) groups excluding carboxylic acids is 1. The molecule has 0 radical (unpaired) electrons. The first-order valence-electron chi connectivity index (χ1n) is 13.4. The van der Waals surface area contributed by atoms with Crippen molar-refractivity contribution in [2.75, 3.05) is 68.1 Å². The summed E-state index contributed by atoms with van der Waals surface area (Å²) in [5.74, 6) is -0.987. The molecule has 0 spiro atoms. The van der Waals surface area contributed by atoms with E-state index in [9.17, 15) is 22.8 Å². The first kappa shape index (κ1) is 29.5. The minimum Gasteiger partial charge on any atom is -0.378 e. The fraction of sp³-hybridized carbons (Fsp3) is 0.429. The van der Waals surface area contributed by atoms with E-state index < -0.39 is 28.2 Å². The number of alkyl halides is 3. The summed E-state index contributed by atoms with van der Waals surface area (Å²) < 4.78 is 60.5. The van der Waals surface area contributed by atoms with Crippen LogP contribution in [-0.4, -0.2) is 83.9 Å². The molecule has 2 aliphatic heterocycles. The Hall–Kier alpha value is -4.04. The van der Waals surface area contributed by atoms with Crippen LogP contribution in [0.15, 0.2) is 47.7 Å². The third-order valence-electron chi connectivity index (χ3n) is 7.68. The van der Waals surface area contributed by atoms with Crippen LogP contribution < -0.4 is 20.7 Å². The number of aromatic nitrogens is 3. The summed E-state index contributed by atoms with van der Waals surface area (Å²) in [5, 5.41) is 2.65. The van der Waals surface area contributed by atoms with Crippen molar-refractivity contribution in [3.8, 4) is 11.1 Å². The normalized spacial score (nSPS) is 17.8. The average molecular weight is 590 g/mol. The van der Waals surface area contributed by atoms with Gasteiger partial charge in [-0.05, 0) is 39.1 Å². The van der Waals surface area contributed by atoms with E-state index in [2.05, 4.69) is 20.2 Å². The van der Waals surface area contributed by atoms with Crippen molar-refractivity contribution in [1.82, 2.24) is 19.4 Å². The maximum absolute atomic E-state index is 15.7. The van der Waals surface area contributed by atoms with Gasteiger partial charge in [-0.15, -0.1) is 13.2 Å². The number of pyridine rings is 1. The van der Waals surface area contributed by atoms with E-state index in [0.717, 1.165) is 6.07 Å². The highest BCUT2D eigenvalue weighted by atomic mass is 19.4. The molecular formula is C28H31F4N7O3. The lowest BCUT2D eigenvalue weighted by molar-refractivity contribution is -0.206. The number of hydrogen-bond donors (Lipinski definition) is 1. The molecule has 1 aromatic carbocycles. The van der Waals surface area contributed by atoms with Gasteiger partial charge in [0.1, 0.15) is 5.82 Å². The molecule has 3 aromatic rings. The van der Waals surface area contributed by atoms with Gasteiger partial charge in [-0.3, -0.25) is 14.5 Å². The molecule has 2 aromatic heterocycles. The Balaban J connectivity index is 1.52. The first-order valence-corrected chi connectivity index (χ1v) is 13.4. The van der Waals surface area contributed by atoms with Crippen LogP contribution in [0.2, 0.25) is 0 Å². The number of nitrogens with zero attached hydrogens (tertiary/aromatic N) is 6. The van der Waals surface area contributed by atoms with Crippen LogP contribution >= 0.6 is 0 Å². The zero-order valence-corrected chi connectivity index (χ0v) is 23.4. The van der Waals surface area contributed by atoms with Crippen molar-refractivity contribution in [3.63, 3.8) is 0 Å². The van der Waals surface area contributed by atoms with Crippen LogP contribution in [0, 0.1) is 5.82 Å². The van der Waals surface area contributed by atoms with Gasteiger partial charge in [0.15, 0.2) is 0 Å². The SMILES string of the molecule is CN1CCN(c2cc(F)c(-c3cnc(N4CCOCC4)nc3)cc2NC(=O)c2ccc(=O)n(C(F)(F)F)c2)CC1(C)C. The highest BCUT2D eigenvalue weighted by Gasteiger charge is 2.34. The number of ether oxygens (including phenoxy) is 1. The van der Waals surface area contributed by atoms with E-state index in [0.29, 0.717) is 75.4 Å². The van der Waals surface area contributed by atoms with Crippen molar-refractivity contribution in [3.05, 3.63) is 64.6 Å². The zero-order chi connectivity index (χ0) is 30.2. The minimum absolute atomic E-state index is 0.108. The van der Waals surface area contributed by atoms with Crippen LogP contribution in [0.3, 0.4) is 0 Å². The van der Waals surface area contributed by atoms with Crippen molar-refractivity contribution >= 4 is 23.2 Å². The van der Waals surface area contributed by atoms with E-state index in [-0.39, 0.29) is 22.4 Å². The summed E-state index contributed by atoms with van der Waals surface area (Å²) in [6, 6.07) is 4.43. The fourth-order valence-corrected chi connectivity index (χ4v) is 4.99. The number of piperazine rings is 1. The Morgan fingerprint density at radius 3 is 2.36 bits per heavy atom. The number of likely N-dealkylation sites (N-methyl/N-ethyl adjacent to an activating group) is 1. The molecule has 42 heavy (non-hydrogen) atoms. The molecule has 5 rings (SSSR count). The van der Waals surface area contributed by atoms with Crippen LogP contribution in [0.5, 0.6) is 0 Å². The molecule has 0 unspecified atom stereocenters. The maximum Gasteiger partial charge on any atom is 0.491 e. The Morgan fingerprint density at radius 1 is 1.02 bits per heavy atom. The average Bonchev–Trinajstić information content (AvgIpc) is 2.95. The number of anilines is 3. The number of nitrogens with one attached hydrogen (secondary N) is 1. The van der Waals surface area contributed by atoms with Gasteiger partial charge in [0.2, 0.25) is 5.95 Å². The summed E-state index contributed by atoms with van der Waals surface area (Å²) >= 11 is 0. The molecule has 0 bridgehead atoms. The van der Waals surface area contributed by atoms with Gasteiger partial charge in [-0.25, -0.2) is 18.9 Å². The molecule has 2 aliphatic rings. The van der Waals surface area contributed by atoms with Gasteiger partial charge < -0.3 is 19.9 Å². The molecule has 1 amide bonds. The number of rotatable bonds is 5. The number of hydrogen-bond acceptors (Lipinski definition) is 8. The van der Waals surface area contributed by atoms with Crippen LogP contribution in [0.25, 0.3) is 11.1 Å². The quantitative estimate of drug-likeness (QED) is 0.452. The molecule has 10 nitrogen and oxygen atoms in total. The lowest BCUT2D eigenvalue weighted by Crippen LogP contribution is -2.57. The molecule has 224 valence electrons. The zero-order valence-electron chi connectivity index (χ0n) is 23.4. The van der Waals surface area contributed by atoms with Crippen molar-refractivity contribution in [1.29, 1.82) is 0 Å². The number of morpholine rings is 1. The third-order valence-corrected chi connectivity index (χ3v) is 7.68. The molecule has 0 aliphatic carbocycles. The van der Waals surface area contributed by atoms with E-state index in [1.165, 1.54) is 24.5 Å². The predicted octanol–water partition coefficient (Wildman–Crippen LogP) is 3.54. The van der Waals surface area contributed by atoms with Crippen LogP contribution in [0.4, 0.5) is 34.9 Å².